The summed E-state index contributed by atoms with van der Waals surface area (Å²) in [5.74, 6) is 0.541. The van der Waals surface area contributed by atoms with Crippen LogP contribution in [-0.4, -0.2) is 27.5 Å². The molecule has 92 valence electrons. The fourth-order valence-corrected chi connectivity index (χ4v) is 1.68. The Morgan fingerprint density at radius 2 is 2.25 bits per heavy atom. The fraction of sp³-hybridized carbons (Fsp3) is 0.750. The van der Waals surface area contributed by atoms with E-state index in [-0.39, 0.29) is 6.10 Å². The summed E-state index contributed by atoms with van der Waals surface area (Å²) in [5.41, 5.74) is 1.17. The number of nitrogens with zero attached hydrogens (tertiary/aromatic N) is 2. The van der Waals surface area contributed by atoms with Crippen LogP contribution in [0.3, 0.4) is 0 Å². The lowest BCUT2D eigenvalue weighted by atomic mass is 10.1. The van der Waals surface area contributed by atoms with E-state index in [9.17, 15) is 5.11 Å². The van der Waals surface area contributed by atoms with Gasteiger partial charge in [0.15, 0.2) is 0 Å². The van der Waals surface area contributed by atoms with Crippen LogP contribution in [0.5, 0.6) is 0 Å². The molecule has 0 bridgehead atoms. The lowest BCUT2D eigenvalue weighted by Crippen LogP contribution is -2.27. The van der Waals surface area contributed by atoms with Gasteiger partial charge in [0.2, 0.25) is 0 Å². The molecule has 0 saturated carbocycles. The summed E-state index contributed by atoms with van der Waals surface area (Å²) in [5, 5.41) is 17.1. The van der Waals surface area contributed by atoms with Crippen LogP contribution >= 0.6 is 0 Å². The van der Waals surface area contributed by atoms with Crippen LogP contribution in [0.4, 0.5) is 0 Å². The first-order chi connectivity index (χ1) is 7.61. The molecule has 0 aliphatic rings. The minimum atomic E-state index is -0.249. The molecule has 0 radical (unpaired) electrons. The molecule has 0 aromatic carbocycles. The second-order valence-electron chi connectivity index (χ2n) is 4.62. The van der Waals surface area contributed by atoms with Crippen LogP contribution in [0, 0.1) is 5.92 Å². The molecule has 0 spiro atoms. The van der Waals surface area contributed by atoms with Crippen LogP contribution in [0.1, 0.15) is 32.8 Å². The summed E-state index contributed by atoms with van der Waals surface area (Å²) in [7, 11) is 0. The highest BCUT2D eigenvalue weighted by atomic mass is 16.3. The van der Waals surface area contributed by atoms with Gasteiger partial charge in [-0.25, -0.2) is 0 Å². The van der Waals surface area contributed by atoms with E-state index in [1.165, 1.54) is 5.56 Å². The van der Waals surface area contributed by atoms with E-state index in [1.807, 2.05) is 17.1 Å². The summed E-state index contributed by atoms with van der Waals surface area (Å²) >= 11 is 0. The first-order valence-corrected chi connectivity index (χ1v) is 6.02. The van der Waals surface area contributed by atoms with E-state index in [1.54, 1.807) is 0 Å². The Labute approximate surface area is 97.7 Å². The maximum Gasteiger partial charge on any atom is 0.0667 e. The Bertz CT molecular complexity index is 296. The van der Waals surface area contributed by atoms with Crippen LogP contribution in [-0.2, 0) is 13.1 Å². The molecule has 0 fully saturated rings. The first-order valence-electron chi connectivity index (χ1n) is 6.02. The zero-order chi connectivity index (χ0) is 12.0. The number of aryl methyl sites for hydroxylation is 1. The fourth-order valence-electron chi connectivity index (χ4n) is 1.68. The summed E-state index contributed by atoms with van der Waals surface area (Å²) in [6, 6.07) is 0. The van der Waals surface area contributed by atoms with Gasteiger partial charge in [0.1, 0.15) is 0 Å². The van der Waals surface area contributed by atoms with Crippen molar-refractivity contribution in [1.29, 1.82) is 0 Å². The van der Waals surface area contributed by atoms with Gasteiger partial charge in [-0.2, -0.15) is 5.10 Å². The highest BCUT2D eigenvalue weighted by molar-refractivity contribution is 5.03. The Balaban J connectivity index is 2.19. The molecule has 1 aromatic rings. The van der Waals surface area contributed by atoms with E-state index in [0.717, 1.165) is 19.5 Å². The Morgan fingerprint density at radius 3 is 2.81 bits per heavy atom. The van der Waals surface area contributed by atoms with Crippen molar-refractivity contribution < 1.29 is 5.11 Å². The molecule has 1 rings (SSSR count). The molecule has 1 aromatic heterocycles. The van der Waals surface area contributed by atoms with Gasteiger partial charge in [0.25, 0.3) is 0 Å². The van der Waals surface area contributed by atoms with Crippen molar-refractivity contribution in [3.05, 3.63) is 18.0 Å². The number of aliphatic hydroxyl groups excluding tert-OH is 1. The minimum Gasteiger partial charge on any atom is -0.392 e. The van der Waals surface area contributed by atoms with Gasteiger partial charge in [0, 0.05) is 31.4 Å². The van der Waals surface area contributed by atoms with E-state index in [2.05, 4.69) is 31.2 Å². The molecule has 4 heteroatoms. The largest absolute Gasteiger partial charge is 0.392 e. The molecule has 1 atom stereocenters. The predicted octanol–water partition coefficient (Wildman–Crippen LogP) is 1.40. The molecule has 1 unspecified atom stereocenters. The summed E-state index contributed by atoms with van der Waals surface area (Å²) in [6.07, 6.45) is 4.50. The standard InChI is InChI=1S/C12H23N3O/c1-4-15-9-11(7-14-15)6-13-8-12(16)5-10(2)3/h7,9-10,12-13,16H,4-6,8H2,1-3H3. The molecule has 0 aliphatic heterocycles. The number of rotatable bonds is 7. The lowest BCUT2D eigenvalue weighted by Gasteiger charge is -2.13. The van der Waals surface area contributed by atoms with E-state index in [0.29, 0.717) is 12.5 Å². The predicted molar refractivity (Wildman–Crippen MR) is 65.1 cm³/mol. The summed E-state index contributed by atoms with van der Waals surface area (Å²) in [4.78, 5) is 0. The molecule has 4 nitrogen and oxygen atoms in total. The number of aromatic nitrogens is 2. The third-order valence-corrected chi connectivity index (χ3v) is 2.46. The van der Waals surface area contributed by atoms with Gasteiger partial charge in [-0.05, 0) is 19.3 Å². The molecule has 1 heterocycles. The monoisotopic (exact) mass is 225 g/mol. The summed E-state index contributed by atoms with van der Waals surface area (Å²) < 4.78 is 1.90. The molecule has 2 N–H and O–H groups in total. The smallest absolute Gasteiger partial charge is 0.0667 e. The van der Waals surface area contributed by atoms with Gasteiger partial charge >= 0.3 is 0 Å². The van der Waals surface area contributed by atoms with Crippen molar-refractivity contribution in [2.45, 2.75) is 46.4 Å². The van der Waals surface area contributed by atoms with Gasteiger partial charge in [-0.3, -0.25) is 4.68 Å². The third kappa shape index (κ3) is 4.77. The molecule has 0 amide bonds. The Hall–Kier alpha value is -0.870. The highest BCUT2D eigenvalue weighted by Crippen LogP contribution is 2.03. The average Bonchev–Trinajstić information content (AvgIpc) is 2.64. The normalized spacial score (nSPS) is 13.3. The van der Waals surface area contributed by atoms with Crippen molar-refractivity contribution in [2.75, 3.05) is 6.54 Å². The molecule has 16 heavy (non-hydrogen) atoms. The zero-order valence-electron chi connectivity index (χ0n) is 10.5. The van der Waals surface area contributed by atoms with Crippen LogP contribution in [0.25, 0.3) is 0 Å². The van der Waals surface area contributed by atoms with Gasteiger partial charge < -0.3 is 10.4 Å². The topological polar surface area (TPSA) is 50.1 Å². The second-order valence-corrected chi connectivity index (χ2v) is 4.62. The minimum absolute atomic E-state index is 0.249. The van der Waals surface area contributed by atoms with Crippen LogP contribution < -0.4 is 5.32 Å². The zero-order valence-corrected chi connectivity index (χ0v) is 10.5. The SMILES string of the molecule is CCn1cc(CNCC(O)CC(C)C)cn1. The Morgan fingerprint density at radius 1 is 1.50 bits per heavy atom. The van der Waals surface area contributed by atoms with Crippen molar-refractivity contribution in [2.24, 2.45) is 5.92 Å². The lowest BCUT2D eigenvalue weighted by molar-refractivity contribution is 0.146. The van der Waals surface area contributed by atoms with Crippen molar-refractivity contribution in [3.63, 3.8) is 0 Å². The maximum atomic E-state index is 9.67. The highest BCUT2D eigenvalue weighted by Gasteiger charge is 2.06. The van der Waals surface area contributed by atoms with E-state index >= 15 is 0 Å². The van der Waals surface area contributed by atoms with Gasteiger partial charge in [0.05, 0.1) is 12.3 Å². The molecule has 0 saturated heterocycles. The van der Waals surface area contributed by atoms with Crippen molar-refractivity contribution >= 4 is 0 Å². The summed E-state index contributed by atoms with van der Waals surface area (Å²) in [6.45, 7) is 8.63. The van der Waals surface area contributed by atoms with Crippen LogP contribution in [0.2, 0.25) is 0 Å². The van der Waals surface area contributed by atoms with Gasteiger partial charge in [-0.15, -0.1) is 0 Å². The number of aliphatic hydroxyl groups is 1. The number of hydrogen-bond acceptors (Lipinski definition) is 3. The van der Waals surface area contributed by atoms with E-state index in [4.69, 9.17) is 0 Å². The average molecular weight is 225 g/mol. The van der Waals surface area contributed by atoms with Crippen LogP contribution in [0.15, 0.2) is 12.4 Å². The molecular weight excluding hydrogens is 202 g/mol. The van der Waals surface area contributed by atoms with Crippen molar-refractivity contribution in [1.82, 2.24) is 15.1 Å². The maximum absolute atomic E-state index is 9.67. The van der Waals surface area contributed by atoms with Crippen molar-refractivity contribution in [3.8, 4) is 0 Å². The first kappa shape index (κ1) is 13.2. The number of nitrogens with one attached hydrogen (secondary N) is 1. The quantitative estimate of drug-likeness (QED) is 0.737. The molecule has 0 aliphatic carbocycles. The van der Waals surface area contributed by atoms with E-state index < -0.39 is 0 Å². The van der Waals surface area contributed by atoms with Gasteiger partial charge in [-0.1, -0.05) is 13.8 Å². The second kappa shape index (κ2) is 6.66. The Kier molecular flexibility index (Phi) is 5.49. The third-order valence-electron chi connectivity index (χ3n) is 2.46. The molecular formula is C12H23N3O. The number of hydrogen-bond donors (Lipinski definition) is 2.